The Balaban J connectivity index is 1.28. The van der Waals surface area contributed by atoms with Gasteiger partial charge in [0.15, 0.2) is 16.6 Å². The van der Waals surface area contributed by atoms with Crippen molar-refractivity contribution >= 4 is 22.4 Å². The second kappa shape index (κ2) is 10.9. The molecule has 0 spiro atoms. The van der Waals surface area contributed by atoms with Crippen molar-refractivity contribution in [3.8, 4) is 22.9 Å². The number of hydrogen-bond acceptors (Lipinski definition) is 10. The van der Waals surface area contributed by atoms with E-state index in [2.05, 4.69) is 39.2 Å². The Morgan fingerprint density at radius 2 is 1.94 bits per heavy atom. The molecule has 0 unspecified atom stereocenters. The van der Waals surface area contributed by atoms with Crippen LogP contribution in [0, 0.1) is 0 Å². The van der Waals surface area contributed by atoms with E-state index in [-0.39, 0.29) is 24.5 Å². The molecule has 0 saturated carbocycles. The number of methoxy groups -OCH3 is 2. The summed E-state index contributed by atoms with van der Waals surface area (Å²) in [5, 5.41) is 9.44. The molecular formula is C23H29N5O5S. The normalized spacial score (nSPS) is 18.6. The SMILES string of the molecule is COc1ccc(-c2noc(CCC(=O)Nc3nc(CN4C[C@H](C)O[C@@H](C)C4)cs3)n2)cc1OC. The first-order valence-corrected chi connectivity index (χ1v) is 12.0. The minimum atomic E-state index is -0.152. The van der Waals surface area contributed by atoms with E-state index < -0.39 is 0 Å². The maximum atomic E-state index is 12.4. The standard InChI is InChI=1S/C23H29N5O5S/c1-14-10-28(11-15(2)32-14)12-17-13-34-23(24-17)25-20(29)7-8-21-26-22(27-33-21)16-5-6-18(30-3)19(9-16)31-4/h5-6,9,13-15H,7-8,10-12H2,1-4H3,(H,24,25,29)/t14-,15-/m0/s1. The molecule has 4 rings (SSSR count). The number of carbonyl (C=O) groups is 1. The molecule has 3 heterocycles. The predicted molar refractivity (Wildman–Crippen MR) is 127 cm³/mol. The van der Waals surface area contributed by atoms with Crippen molar-refractivity contribution in [3.05, 3.63) is 35.2 Å². The Morgan fingerprint density at radius 1 is 1.18 bits per heavy atom. The van der Waals surface area contributed by atoms with Crippen LogP contribution in [0.15, 0.2) is 28.1 Å². The Bertz CT molecular complexity index is 1110. The van der Waals surface area contributed by atoms with E-state index in [1.807, 2.05) is 11.4 Å². The molecule has 1 amide bonds. The van der Waals surface area contributed by atoms with Gasteiger partial charge in [0.2, 0.25) is 17.6 Å². The number of morpholine rings is 1. The van der Waals surface area contributed by atoms with Gasteiger partial charge in [-0.1, -0.05) is 5.16 Å². The molecule has 1 N–H and O–H groups in total. The minimum absolute atomic E-state index is 0.152. The molecule has 11 heteroatoms. The summed E-state index contributed by atoms with van der Waals surface area (Å²) in [6, 6.07) is 5.37. The van der Waals surface area contributed by atoms with Crippen LogP contribution >= 0.6 is 11.3 Å². The number of benzene rings is 1. The maximum absolute atomic E-state index is 12.4. The van der Waals surface area contributed by atoms with Crippen molar-refractivity contribution in [1.29, 1.82) is 0 Å². The van der Waals surface area contributed by atoms with Crippen LogP contribution < -0.4 is 14.8 Å². The minimum Gasteiger partial charge on any atom is -0.493 e. The highest BCUT2D eigenvalue weighted by Crippen LogP contribution is 2.31. The molecule has 3 aromatic rings. The van der Waals surface area contributed by atoms with Crippen LogP contribution in [0.2, 0.25) is 0 Å². The first-order valence-electron chi connectivity index (χ1n) is 11.1. The molecule has 2 atom stereocenters. The van der Waals surface area contributed by atoms with Crippen LogP contribution in [0.1, 0.15) is 31.9 Å². The second-order valence-corrected chi connectivity index (χ2v) is 9.08. The van der Waals surface area contributed by atoms with Crippen LogP contribution in [-0.2, 0) is 22.5 Å². The lowest BCUT2D eigenvalue weighted by atomic mass is 10.2. The summed E-state index contributed by atoms with van der Waals surface area (Å²) >= 11 is 1.42. The van der Waals surface area contributed by atoms with Gasteiger partial charge in [-0.3, -0.25) is 9.69 Å². The van der Waals surface area contributed by atoms with Gasteiger partial charge in [0.1, 0.15) is 0 Å². The number of aromatic nitrogens is 3. The molecule has 2 aromatic heterocycles. The van der Waals surface area contributed by atoms with Crippen LogP contribution in [0.3, 0.4) is 0 Å². The van der Waals surface area contributed by atoms with Gasteiger partial charge in [0, 0.05) is 43.4 Å². The number of ether oxygens (including phenoxy) is 3. The third kappa shape index (κ3) is 6.10. The Labute approximate surface area is 202 Å². The van der Waals surface area contributed by atoms with Crippen molar-refractivity contribution in [3.63, 3.8) is 0 Å². The number of hydrogen-bond donors (Lipinski definition) is 1. The lowest BCUT2D eigenvalue weighted by Gasteiger charge is -2.34. The zero-order chi connectivity index (χ0) is 24.1. The molecule has 182 valence electrons. The number of carbonyl (C=O) groups excluding carboxylic acids is 1. The molecule has 34 heavy (non-hydrogen) atoms. The number of nitrogens with zero attached hydrogens (tertiary/aromatic N) is 4. The van der Waals surface area contributed by atoms with Crippen LogP contribution in [0.4, 0.5) is 5.13 Å². The maximum Gasteiger partial charge on any atom is 0.227 e. The summed E-state index contributed by atoms with van der Waals surface area (Å²) in [6.45, 7) is 6.65. The quantitative estimate of drug-likeness (QED) is 0.485. The van der Waals surface area contributed by atoms with Crippen LogP contribution in [0.5, 0.6) is 11.5 Å². The van der Waals surface area contributed by atoms with Gasteiger partial charge in [-0.05, 0) is 32.0 Å². The molecule has 1 fully saturated rings. The van der Waals surface area contributed by atoms with Crippen LogP contribution in [0.25, 0.3) is 11.4 Å². The fourth-order valence-corrected chi connectivity index (χ4v) is 4.65. The smallest absolute Gasteiger partial charge is 0.227 e. The zero-order valence-electron chi connectivity index (χ0n) is 19.7. The van der Waals surface area contributed by atoms with Gasteiger partial charge in [0.25, 0.3) is 0 Å². The number of amides is 1. The van der Waals surface area contributed by atoms with E-state index in [4.69, 9.17) is 18.7 Å². The summed E-state index contributed by atoms with van der Waals surface area (Å²) in [5.74, 6) is 1.85. The number of thiazole rings is 1. The summed E-state index contributed by atoms with van der Waals surface area (Å²) in [6.07, 6.45) is 0.951. The highest BCUT2D eigenvalue weighted by Gasteiger charge is 2.23. The summed E-state index contributed by atoms with van der Waals surface area (Å²) in [7, 11) is 3.14. The Kier molecular flexibility index (Phi) is 7.76. The van der Waals surface area contributed by atoms with Crippen molar-refractivity contribution in [2.45, 2.75) is 45.4 Å². The third-order valence-corrected chi connectivity index (χ3v) is 6.16. The number of anilines is 1. The first kappa shape index (κ1) is 24.1. The average Bonchev–Trinajstić information content (AvgIpc) is 3.46. The molecule has 1 saturated heterocycles. The molecule has 1 aliphatic heterocycles. The van der Waals surface area contributed by atoms with E-state index in [0.717, 1.165) is 30.9 Å². The van der Waals surface area contributed by atoms with Gasteiger partial charge in [-0.2, -0.15) is 4.98 Å². The molecule has 1 aromatic carbocycles. The fraction of sp³-hybridized carbons (Fsp3) is 0.478. The Morgan fingerprint density at radius 3 is 2.68 bits per heavy atom. The average molecular weight is 488 g/mol. The van der Waals surface area contributed by atoms with Crippen molar-refractivity contribution in [2.75, 3.05) is 32.6 Å². The third-order valence-electron chi connectivity index (χ3n) is 5.35. The van der Waals surface area contributed by atoms with E-state index in [1.54, 1.807) is 26.4 Å². The molecule has 1 aliphatic rings. The topological polar surface area (TPSA) is 112 Å². The van der Waals surface area contributed by atoms with E-state index in [1.165, 1.54) is 11.3 Å². The number of rotatable bonds is 9. The summed E-state index contributed by atoms with van der Waals surface area (Å²) in [5.41, 5.74) is 1.68. The summed E-state index contributed by atoms with van der Waals surface area (Å²) < 4.78 is 21.7. The molecule has 0 bridgehead atoms. The highest BCUT2D eigenvalue weighted by atomic mass is 32.1. The highest BCUT2D eigenvalue weighted by molar-refractivity contribution is 7.13. The molecule has 0 radical (unpaired) electrons. The molecular weight excluding hydrogens is 458 g/mol. The van der Waals surface area contributed by atoms with Crippen LogP contribution in [-0.4, -0.2) is 65.4 Å². The fourth-order valence-electron chi connectivity index (χ4n) is 3.93. The van der Waals surface area contributed by atoms with Gasteiger partial charge in [0.05, 0.1) is 32.1 Å². The molecule has 0 aliphatic carbocycles. The predicted octanol–water partition coefficient (Wildman–Crippen LogP) is 3.39. The summed E-state index contributed by atoms with van der Waals surface area (Å²) in [4.78, 5) is 23.7. The molecule has 10 nitrogen and oxygen atoms in total. The zero-order valence-corrected chi connectivity index (χ0v) is 20.6. The lowest BCUT2D eigenvalue weighted by Crippen LogP contribution is -2.44. The van der Waals surface area contributed by atoms with E-state index in [0.29, 0.717) is 34.8 Å². The van der Waals surface area contributed by atoms with E-state index in [9.17, 15) is 4.79 Å². The van der Waals surface area contributed by atoms with Crippen molar-refractivity contribution < 1.29 is 23.5 Å². The number of nitrogens with one attached hydrogen (secondary N) is 1. The monoisotopic (exact) mass is 487 g/mol. The lowest BCUT2D eigenvalue weighted by molar-refractivity contribution is -0.116. The van der Waals surface area contributed by atoms with Crippen molar-refractivity contribution in [1.82, 2.24) is 20.0 Å². The van der Waals surface area contributed by atoms with Crippen molar-refractivity contribution in [2.24, 2.45) is 0 Å². The van der Waals surface area contributed by atoms with Gasteiger partial charge < -0.3 is 24.1 Å². The Hall–Kier alpha value is -3.02. The van der Waals surface area contributed by atoms with Gasteiger partial charge in [-0.25, -0.2) is 4.98 Å². The first-order chi connectivity index (χ1) is 16.4. The largest absolute Gasteiger partial charge is 0.493 e. The second-order valence-electron chi connectivity index (χ2n) is 8.23. The number of aryl methyl sites for hydroxylation is 1. The van der Waals surface area contributed by atoms with Gasteiger partial charge in [-0.15, -0.1) is 11.3 Å². The van der Waals surface area contributed by atoms with Gasteiger partial charge >= 0.3 is 0 Å². The van der Waals surface area contributed by atoms with E-state index >= 15 is 0 Å².